The smallest absolute Gasteiger partial charge is 0.150 e. The van der Waals surface area contributed by atoms with E-state index in [0.717, 1.165) is 0 Å². The Hall–Kier alpha value is -1.46. The lowest BCUT2D eigenvalue weighted by Crippen LogP contribution is -1.95. The van der Waals surface area contributed by atoms with Gasteiger partial charge >= 0.3 is 0 Å². The number of hydrogen-bond donors (Lipinski definition) is 0. The Kier molecular flexibility index (Phi) is 3.36. The van der Waals surface area contributed by atoms with Gasteiger partial charge < -0.3 is 4.74 Å². The van der Waals surface area contributed by atoms with Gasteiger partial charge in [0.2, 0.25) is 0 Å². The molecule has 66 valence electrons. The molecule has 0 unspecified atom stereocenters. The van der Waals surface area contributed by atoms with Crippen LogP contribution in [0, 0.1) is 12.5 Å². The van der Waals surface area contributed by atoms with Gasteiger partial charge in [0.15, 0.2) is 5.17 Å². The van der Waals surface area contributed by atoms with Crippen molar-refractivity contribution in [2.75, 3.05) is 7.11 Å². The van der Waals surface area contributed by atoms with Crippen LogP contribution < -0.4 is 4.74 Å². The third-order valence-electron chi connectivity index (χ3n) is 1.49. The van der Waals surface area contributed by atoms with E-state index in [0.29, 0.717) is 11.3 Å². The minimum Gasteiger partial charge on any atom is -0.496 e. The quantitative estimate of drug-likeness (QED) is 0.522. The second kappa shape index (κ2) is 4.54. The van der Waals surface area contributed by atoms with Crippen molar-refractivity contribution in [3.05, 3.63) is 29.8 Å². The van der Waals surface area contributed by atoms with Crippen LogP contribution >= 0.6 is 11.6 Å². The van der Waals surface area contributed by atoms with Crippen molar-refractivity contribution < 1.29 is 4.74 Å². The lowest BCUT2D eigenvalue weighted by Gasteiger charge is -2.04. The third kappa shape index (κ3) is 2.24. The summed E-state index contributed by atoms with van der Waals surface area (Å²) in [5.41, 5.74) is 0.699. The van der Waals surface area contributed by atoms with Gasteiger partial charge in [-0.3, -0.25) is 0 Å². The molecule has 0 amide bonds. The summed E-state index contributed by atoms with van der Waals surface area (Å²) in [7, 11) is 1.57. The molecule has 0 saturated carbocycles. The van der Waals surface area contributed by atoms with E-state index in [-0.39, 0.29) is 5.17 Å². The number of para-hydroxylation sites is 1. The molecule has 1 aromatic rings. The van der Waals surface area contributed by atoms with E-state index in [1.807, 2.05) is 12.1 Å². The summed E-state index contributed by atoms with van der Waals surface area (Å²) in [6, 6.07) is 9.40. The fraction of sp³-hybridized carbons (Fsp3) is 0.100. The number of nitrogens with zero attached hydrogens (tertiary/aromatic N) is 1. The summed E-state index contributed by atoms with van der Waals surface area (Å²) in [6.07, 6.45) is 5.00. The fourth-order valence-corrected chi connectivity index (χ4v) is 1.14. The van der Waals surface area contributed by atoms with E-state index in [1.54, 1.807) is 19.2 Å². The standard InChI is InChI=1S/C10H8ClNO/c1-3-12-10(11)8-6-4-5-7-9(8)13-2/h1,4-7H,2H3. The Bertz CT molecular complexity index is 365. The molecule has 2 nitrogen and oxygen atoms in total. The second-order valence-electron chi connectivity index (χ2n) is 2.23. The topological polar surface area (TPSA) is 21.6 Å². The van der Waals surface area contributed by atoms with Crippen molar-refractivity contribution in [2.24, 2.45) is 4.99 Å². The van der Waals surface area contributed by atoms with Crippen LogP contribution in [0.2, 0.25) is 0 Å². The highest BCUT2D eigenvalue weighted by Crippen LogP contribution is 2.19. The van der Waals surface area contributed by atoms with Crippen LogP contribution in [-0.2, 0) is 0 Å². The Labute approximate surface area is 82.2 Å². The SMILES string of the molecule is C#CN=C(Cl)c1ccccc1OC. The highest BCUT2D eigenvalue weighted by molar-refractivity contribution is 6.70. The molecule has 3 heteroatoms. The molecular formula is C10H8ClNO. The molecule has 0 spiro atoms. The maximum absolute atomic E-state index is 5.82. The summed E-state index contributed by atoms with van der Waals surface area (Å²) in [4.78, 5) is 3.63. The van der Waals surface area contributed by atoms with E-state index < -0.39 is 0 Å². The van der Waals surface area contributed by atoms with Gasteiger partial charge in [-0.2, -0.15) is 4.99 Å². The molecule has 1 aromatic carbocycles. The van der Waals surface area contributed by atoms with Crippen LogP contribution in [0.25, 0.3) is 0 Å². The van der Waals surface area contributed by atoms with E-state index in [2.05, 4.69) is 11.0 Å². The van der Waals surface area contributed by atoms with Crippen molar-refractivity contribution in [3.63, 3.8) is 0 Å². The highest BCUT2D eigenvalue weighted by atomic mass is 35.5. The highest BCUT2D eigenvalue weighted by Gasteiger charge is 2.05. The Morgan fingerprint density at radius 2 is 2.23 bits per heavy atom. The number of ether oxygens (including phenoxy) is 1. The van der Waals surface area contributed by atoms with Crippen LogP contribution in [0.15, 0.2) is 29.3 Å². The van der Waals surface area contributed by atoms with Crippen molar-refractivity contribution in [1.82, 2.24) is 0 Å². The van der Waals surface area contributed by atoms with E-state index in [9.17, 15) is 0 Å². The van der Waals surface area contributed by atoms with Gasteiger partial charge in [-0.05, 0) is 12.1 Å². The molecule has 0 N–H and O–H groups in total. The fourth-order valence-electron chi connectivity index (χ4n) is 0.932. The first kappa shape index (κ1) is 9.63. The van der Waals surface area contributed by atoms with Gasteiger partial charge in [0.25, 0.3) is 0 Å². The van der Waals surface area contributed by atoms with E-state index in [4.69, 9.17) is 22.8 Å². The number of methoxy groups -OCH3 is 1. The largest absolute Gasteiger partial charge is 0.496 e. The predicted octanol–water partition coefficient (Wildman–Crippen LogP) is 2.27. The van der Waals surface area contributed by atoms with Gasteiger partial charge in [-0.1, -0.05) is 30.2 Å². The Balaban J connectivity index is 3.15. The maximum Gasteiger partial charge on any atom is 0.150 e. The monoisotopic (exact) mass is 193 g/mol. The van der Waals surface area contributed by atoms with E-state index >= 15 is 0 Å². The molecule has 0 atom stereocenters. The average Bonchev–Trinajstić information content (AvgIpc) is 2.18. The Morgan fingerprint density at radius 1 is 1.54 bits per heavy atom. The maximum atomic E-state index is 5.82. The number of benzene rings is 1. The third-order valence-corrected chi connectivity index (χ3v) is 1.78. The van der Waals surface area contributed by atoms with Crippen LogP contribution in [-0.4, -0.2) is 12.3 Å². The number of halogens is 1. The molecule has 0 fully saturated rings. The summed E-state index contributed by atoms with van der Waals surface area (Å²) >= 11 is 5.82. The molecule has 0 bridgehead atoms. The molecule has 0 aliphatic rings. The summed E-state index contributed by atoms with van der Waals surface area (Å²) in [5.74, 6) is 0.659. The molecule has 1 rings (SSSR count). The Morgan fingerprint density at radius 3 is 2.85 bits per heavy atom. The molecule has 0 aromatic heterocycles. The van der Waals surface area contributed by atoms with Crippen LogP contribution in [0.4, 0.5) is 0 Å². The first-order valence-electron chi connectivity index (χ1n) is 3.61. The molecule has 0 saturated heterocycles. The number of terminal acetylenes is 1. The van der Waals surface area contributed by atoms with Crippen LogP contribution in [0.1, 0.15) is 5.56 Å². The first-order valence-corrected chi connectivity index (χ1v) is 3.99. The molecule has 0 aliphatic heterocycles. The second-order valence-corrected chi connectivity index (χ2v) is 2.59. The van der Waals surface area contributed by atoms with E-state index in [1.165, 1.54) is 0 Å². The van der Waals surface area contributed by atoms with Crippen LogP contribution in [0.5, 0.6) is 5.75 Å². The van der Waals surface area contributed by atoms with Crippen molar-refractivity contribution in [2.45, 2.75) is 0 Å². The van der Waals surface area contributed by atoms with Crippen molar-refractivity contribution in [3.8, 4) is 18.2 Å². The predicted molar refractivity (Wildman–Crippen MR) is 54.2 cm³/mol. The first-order chi connectivity index (χ1) is 6.29. The zero-order chi connectivity index (χ0) is 9.68. The summed E-state index contributed by atoms with van der Waals surface area (Å²) < 4.78 is 5.08. The van der Waals surface area contributed by atoms with Gasteiger partial charge in [-0.25, -0.2) is 0 Å². The summed E-state index contributed by atoms with van der Waals surface area (Å²) in [6.45, 7) is 0. The molecule has 0 heterocycles. The molecule has 0 radical (unpaired) electrons. The average molecular weight is 194 g/mol. The van der Waals surface area contributed by atoms with Gasteiger partial charge in [-0.15, -0.1) is 0 Å². The van der Waals surface area contributed by atoms with Crippen molar-refractivity contribution >= 4 is 16.8 Å². The minimum atomic E-state index is 0.264. The normalized spacial score (nSPS) is 10.7. The lowest BCUT2D eigenvalue weighted by atomic mass is 10.2. The number of hydrogen-bond acceptors (Lipinski definition) is 2. The number of aliphatic imine (C=N–C) groups is 1. The summed E-state index contributed by atoms with van der Waals surface area (Å²) in [5, 5.41) is 0.264. The van der Waals surface area contributed by atoms with Gasteiger partial charge in [0.05, 0.1) is 12.7 Å². The molecule has 0 aliphatic carbocycles. The van der Waals surface area contributed by atoms with Gasteiger partial charge in [0.1, 0.15) is 5.75 Å². The van der Waals surface area contributed by atoms with Gasteiger partial charge in [0, 0.05) is 6.04 Å². The zero-order valence-corrected chi connectivity index (χ0v) is 7.88. The lowest BCUT2D eigenvalue weighted by molar-refractivity contribution is 0.414. The van der Waals surface area contributed by atoms with Crippen LogP contribution in [0.3, 0.4) is 0 Å². The molecular weight excluding hydrogens is 186 g/mol. The molecule has 13 heavy (non-hydrogen) atoms. The number of rotatable bonds is 2. The minimum absolute atomic E-state index is 0.264. The zero-order valence-electron chi connectivity index (χ0n) is 7.12. The van der Waals surface area contributed by atoms with Crippen molar-refractivity contribution in [1.29, 1.82) is 0 Å².